The van der Waals surface area contributed by atoms with Crippen molar-refractivity contribution in [2.24, 2.45) is 0 Å². The number of nitrogens with one attached hydrogen (secondary N) is 1. The minimum absolute atomic E-state index is 0.136. The number of nitrogens with zero attached hydrogens (tertiary/aromatic N) is 2. The van der Waals surface area contributed by atoms with Gasteiger partial charge in [-0.05, 0) is 74.0 Å². The highest BCUT2D eigenvalue weighted by molar-refractivity contribution is 5.83. The number of ether oxygens (including phenoxy) is 2. The number of rotatable bonds is 4. The number of benzene rings is 2. The Labute approximate surface area is 194 Å². The second kappa shape index (κ2) is 8.75. The van der Waals surface area contributed by atoms with E-state index in [2.05, 4.69) is 57.4 Å². The van der Waals surface area contributed by atoms with Crippen molar-refractivity contribution in [1.29, 1.82) is 0 Å². The van der Waals surface area contributed by atoms with Gasteiger partial charge in [0.15, 0.2) is 11.5 Å². The molecule has 2 fully saturated rings. The van der Waals surface area contributed by atoms with Gasteiger partial charge in [-0.1, -0.05) is 24.3 Å². The average molecular weight is 446 g/mol. The molecular weight excluding hydrogens is 414 g/mol. The van der Waals surface area contributed by atoms with Crippen LogP contribution in [0.25, 0.3) is 10.9 Å². The van der Waals surface area contributed by atoms with E-state index in [1.807, 2.05) is 6.07 Å². The number of carbonyl (C=O) groups excluding carboxylic acids is 1. The van der Waals surface area contributed by atoms with Gasteiger partial charge in [0.05, 0.1) is 12.6 Å². The maximum Gasteiger partial charge on any atom is 0.237 e. The number of carbonyl (C=O) groups is 1. The smallest absolute Gasteiger partial charge is 0.237 e. The second-order valence-electron chi connectivity index (χ2n) is 9.49. The van der Waals surface area contributed by atoms with Crippen molar-refractivity contribution in [2.75, 3.05) is 39.4 Å². The van der Waals surface area contributed by atoms with Crippen LogP contribution in [0.1, 0.15) is 48.8 Å². The van der Waals surface area contributed by atoms with Crippen molar-refractivity contribution in [3.8, 4) is 11.5 Å². The van der Waals surface area contributed by atoms with Gasteiger partial charge in [0.1, 0.15) is 13.2 Å². The Morgan fingerprint density at radius 2 is 1.79 bits per heavy atom. The van der Waals surface area contributed by atoms with Crippen molar-refractivity contribution < 1.29 is 14.3 Å². The summed E-state index contributed by atoms with van der Waals surface area (Å²) in [5, 5.41) is 1.34. The zero-order chi connectivity index (χ0) is 22.2. The Bertz CT molecular complexity index is 1150. The maximum atomic E-state index is 13.3. The zero-order valence-electron chi connectivity index (χ0n) is 19.0. The van der Waals surface area contributed by atoms with Crippen LogP contribution in [0.4, 0.5) is 0 Å². The summed E-state index contributed by atoms with van der Waals surface area (Å²) in [6, 6.07) is 14.8. The quantitative estimate of drug-likeness (QED) is 0.643. The third-order valence-electron chi connectivity index (χ3n) is 7.53. The molecule has 6 nitrogen and oxygen atoms in total. The highest BCUT2D eigenvalue weighted by Gasteiger charge is 2.32. The predicted molar refractivity (Wildman–Crippen MR) is 128 cm³/mol. The van der Waals surface area contributed by atoms with E-state index in [0.717, 1.165) is 62.4 Å². The lowest BCUT2D eigenvalue weighted by Gasteiger charge is -2.34. The van der Waals surface area contributed by atoms with Gasteiger partial charge in [-0.3, -0.25) is 9.69 Å². The van der Waals surface area contributed by atoms with Crippen molar-refractivity contribution in [3.05, 3.63) is 59.8 Å². The molecule has 1 atom stereocenters. The molecule has 2 aromatic carbocycles. The molecule has 1 unspecified atom stereocenters. The van der Waals surface area contributed by atoms with Crippen LogP contribution < -0.4 is 9.47 Å². The van der Waals surface area contributed by atoms with Gasteiger partial charge in [0.2, 0.25) is 5.91 Å². The van der Waals surface area contributed by atoms with Gasteiger partial charge >= 0.3 is 0 Å². The molecule has 0 saturated carbocycles. The summed E-state index contributed by atoms with van der Waals surface area (Å²) >= 11 is 0. The zero-order valence-corrected chi connectivity index (χ0v) is 19.0. The molecular formula is C27H31N3O3. The molecule has 1 aromatic heterocycles. The molecule has 1 amide bonds. The van der Waals surface area contributed by atoms with E-state index in [1.165, 1.54) is 16.5 Å². The largest absolute Gasteiger partial charge is 0.486 e. The molecule has 0 aliphatic carbocycles. The number of fused-ring (bicyclic) bond motifs is 2. The molecule has 33 heavy (non-hydrogen) atoms. The number of hydrogen-bond acceptors (Lipinski definition) is 4. The van der Waals surface area contributed by atoms with E-state index < -0.39 is 0 Å². The molecule has 6 rings (SSSR count). The summed E-state index contributed by atoms with van der Waals surface area (Å²) < 4.78 is 11.4. The van der Waals surface area contributed by atoms with E-state index in [0.29, 0.717) is 25.7 Å². The number of aromatic nitrogens is 1. The molecule has 4 heterocycles. The van der Waals surface area contributed by atoms with Crippen molar-refractivity contribution >= 4 is 16.8 Å². The van der Waals surface area contributed by atoms with Gasteiger partial charge in [-0.15, -0.1) is 0 Å². The average Bonchev–Trinajstić information content (AvgIpc) is 3.52. The molecule has 3 aromatic rings. The Morgan fingerprint density at radius 3 is 2.67 bits per heavy atom. The van der Waals surface area contributed by atoms with Crippen LogP contribution in [-0.4, -0.2) is 60.1 Å². The summed E-state index contributed by atoms with van der Waals surface area (Å²) in [5.74, 6) is 2.42. The normalized spacial score (nSPS) is 21.6. The minimum atomic E-state index is 0.136. The topological polar surface area (TPSA) is 57.8 Å². The minimum Gasteiger partial charge on any atom is -0.486 e. The first-order valence-electron chi connectivity index (χ1n) is 12.2. The van der Waals surface area contributed by atoms with Crippen LogP contribution in [-0.2, 0) is 4.79 Å². The Kier molecular flexibility index (Phi) is 5.46. The standard InChI is InChI=1S/C27H31N3O3/c31-27(30-11-3-6-24(30)20-7-8-25-26(16-20)33-15-14-32-25)18-29-12-9-19(10-13-29)22-17-28-23-5-2-1-4-21(22)23/h1-2,4-5,7-8,16-17,19,24,28H,3,6,9-15,18H2. The fraction of sp³-hybridized carbons (Fsp3) is 0.444. The first-order chi connectivity index (χ1) is 16.3. The van der Waals surface area contributed by atoms with Crippen LogP contribution in [0.2, 0.25) is 0 Å². The number of aromatic amines is 1. The number of piperidine rings is 1. The van der Waals surface area contributed by atoms with Gasteiger partial charge in [0, 0.05) is 23.6 Å². The third-order valence-corrected chi connectivity index (χ3v) is 7.53. The monoisotopic (exact) mass is 445 g/mol. The molecule has 0 bridgehead atoms. The SMILES string of the molecule is O=C(CN1CCC(c2c[nH]c3ccccc23)CC1)N1CCCC1c1ccc2c(c1)OCCO2. The lowest BCUT2D eigenvalue weighted by Crippen LogP contribution is -2.43. The van der Waals surface area contributed by atoms with Crippen molar-refractivity contribution in [1.82, 2.24) is 14.8 Å². The fourth-order valence-corrected chi connectivity index (χ4v) is 5.79. The van der Waals surface area contributed by atoms with E-state index in [1.54, 1.807) is 0 Å². The lowest BCUT2D eigenvalue weighted by atomic mass is 9.89. The first-order valence-corrected chi connectivity index (χ1v) is 12.2. The third kappa shape index (κ3) is 3.97. The molecule has 2 saturated heterocycles. The molecule has 172 valence electrons. The summed E-state index contributed by atoms with van der Waals surface area (Å²) in [6.07, 6.45) is 6.43. The molecule has 6 heteroatoms. The van der Waals surface area contributed by atoms with E-state index >= 15 is 0 Å². The van der Waals surface area contributed by atoms with Crippen LogP contribution >= 0.6 is 0 Å². The molecule has 1 N–H and O–H groups in total. The van der Waals surface area contributed by atoms with E-state index in [4.69, 9.17) is 9.47 Å². The summed E-state index contributed by atoms with van der Waals surface area (Å²) in [6.45, 7) is 4.47. The van der Waals surface area contributed by atoms with Crippen molar-refractivity contribution in [3.63, 3.8) is 0 Å². The van der Waals surface area contributed by atoms with Gasteiger partial charge in [0.25, 0.3) is 0 Å². The molecule has 3 aliphatic rings. The van der Waals surface area contributed by atoms with Gasteiger partial charge < -0.3 is 19.4 Å². The Hall–Kier alpha value is -2.99. The summed E-state index contributed by atoms with van der Waals surface area (Å²) in [4.78, 5) is 21.1. The number of H-pyrrole nitrogens is 1. The Morgan fingerprint density at radius 1 is 0.970 bits per heavy atom. The highest BCUT2D eigenvalue weighted by Crippen LogP contribution is 2.38. The van der Waals surface area contributed by atoms with Crippen LogP contribution in [0.15, 0.2) is 48.7 Å². The number of likely N-dealkylation sites (tertiary alicyclic amines) is 2. The molecule has 0 radical (unpaired) electrons. The summed E-state index contributed by atoms with van der Waals surface area (Å²) in [5.41, 5.74) is 3.79. The number of para-hydroxylation sites is 1. The molecule has 0 spiro atoms. The van der Waals surface area contributed by atoms with Crippen LogP contribution in [0.3, 0.4) is 0 Å². The second-order valence-corrected chi connectivity index (χ2v) is 9.49. The van der Waals surface area contributed by atoms with Gasteiger partial charge in [-0.25, -0.2) is 0 Å². The lowest BCUT2D eigenvalue weighted by molar-refractivity contribution is -0.133. The molecule has 3 aliphatic heterocycles. The van der Waals surface area contributed by atoms with Crippen molar-refractivity contribution in [2.45, 2.75) is 37.6 Å². The van der Waals surface area contributed by atoms with Crippen LogP contribution in [0.5, 0.6) is 11.5 Å². The predicted octanol–water partition coefficient (Wildman–Crippen LogP) is 4.48. The van der Waals surface area contributed by atoms with E-state index in [9.17, 15) is 4.79 Å². The number of amides is 1. The number of hydrogen-bond donors (Lipinski definition) is 1. The Balaban J connectivity index is 1.09. The van der Waals surface area contributed by atoms with E-state index in [-0.39, 0.29) is 11.9 Å². The van der Waals surface area contributed by atoms with Gasteiger partial charge in [-0.2, -0.15) is 0 Å². The van der Waals surface area contributed by atoms with Crippen LogP contribution in [0, 0.1) is 0 Å². The fourth-order valence-electron chi connectivity index (χ4n) is 5.79. The maximum absolute atomic E-state index is 13.3. The summed E-state index contributed by atoms with van der Waals surface area (Å²) in [7, 11) is 0. The highest BCUT2D eigenvalue weighted by atomic mass is 16.6. The first kappa shape index (κ1) is 20.6.